The highest BCUT2D eigenvalue weighted by molar-refractivity contribution is 5.85. The van der Waals surface area contributed by atoms with E-state index in [0.717, 1.165) is 16.9 Å². The molecule has 0 atom stereocenters. The third kappa shape index (κ3) is 2.34. The molecule has 0 aliphatic carbocycles. The molecule has 0 fully saturated rings. The van der Waals surface area contributed by atoms with Crippen LogP contribution >= 0.6 is 0 Å². The van der Waals surface area contributed by atoms with E-state index in [1.54, 1.807) is 25.1 Å². The summed E-state index contributed by atoms with van der Waals surface area (Å²) in [5.41, 5.74) is 0.786. The summed E-state index contributed by atoms with van der Waals surface area (Å²) in [6, 6.07) is 0. The molecule has 17 heavy (non-hydrogen) atoms. The van der Waals surface area contributed by atoms with Gasteiger partial charge in [-0.15, -0.1) is 0 Å². The fourth-order valence-electron chi connectivity index (χ4n) is 1.55. The number of nitrogens with one attached hydrogen (secondary N) is 1. The van der Waals surface area contributed by atoms with E-state index in [-0.39, 0.29) is 6.29 Å². The monoisotopic (exact) mass is 237 g/mol. The van der Waals surface area contributed by atoms with Crippen LogP contribution in [-0.2, 0) is 16.5 Å². The standard InChI is InChI=1S/C10H15N5O2/c1-15-10-7(4-14-15)9(12-6-13-10)11-5-8(16-2)17-3/h4,6,8H,5H2,1-3H3,(H,11,12,13). The van der Waals surface area contributed by atoms with Crippen molar-refractivity contribution in [3.05, 3.63) is 12.5 Å². The van der Waals surface area contributed by atoms with Gasteiger partial charge in [0.15, 0.2) is 11.9 Å². The lowest BCUT2D eigenvalue weighted by Gasteiger charge is -2.14. The lowest BCUT2D eigenvalue weighted by molar-refractivity contribution is -0.0914. The molecule has 7 heteroatoms. The molecule has 0 saturated heterocycles. The molecule has 0 saturated carbocycles. The molecular formula is C10H15N5O2. The maximum Gasteiger partial charge on any atom is 0.173 e. The first-order valence-electron chi connectivity index (χ1n) is 5.18. The van der Waals surface area contributed by atoms with E-state index in [4.69, 9.17) is 9.47 Å². The average Bonchev–Trinajstić information content (AvgIpc) is 2.73. The SMILES string of the molecule is COC(CNc1ncnc2c1cnn2C)OC. The van der Waals surface area contributed by atoms with Crippen LogP contribution in [0.5, 0.6) is 0 Å². The minimum Gasteiger partial charge on any atom is -0.364 e. The van der Waals surface area contributed by atoms with Gasteiger partial charge in [-0.2, -0.15) is 5.10 Å². The quantitative estimate of drug-likeness (QED) is 0.758. The summed E-state index contributed by atoms with van der Waals surface area (Å²) < 4.78 is 11.9. The van der Waals surface area contributed by atoms with Crippen LogP contribution in [0, 0.1) is 0 Å². The van der Waals surface area contributed by atoms with Gasteiger partial charge in [0.1, 0.15) is 12.1 Å². The molecule has 0 amide bonds. The van der Waals surface area contributed by atoms with Crippen LogP contribution in [-0.4, -0.2) is 46.8 Å². The zero-order valence-electron chi connectivity index (χ0n) is 10.0. The minimum atomic E-state index is -0.309. The van der Waals surface area contributed by atoms with E-state index >= 15 is 0 Å². The van der Waals surface area contributed by atoms with Gasteiger partial charge in [-0.25, -0.2) is 9.97 Å². The van der Waals surface area contributed by atoms with Gasteiger partial charge in [-0.3, -0.25) is 4.68 Å². The van der Waals surface area contributed by atoms with Crippen LogP contribution < -0.4 is 5.32 Å². The van der Waals surface area contributed by atoms with Gasteiger partial charge in [0.05, 0.1) is 18.1 Å². The Kier molecular flexibility index (Phi) is 3.50. The number of hydrogen-bond donors (Lipinski definition) is 1. The summed E-state index contributed by atoms with van der Waals surface area (Å²) in [6.45, 7) is 0.508. The number of ether oxygens (including phenoxy) is 2. The van der Waals surface area contributed by atoms with Gasteiger partial charge in [-0.05, 0) is 0 Å². The van der Waals surface area contributed by atoms with Crippen molar-refractivity contribution in [2.45, 2.75) is 6.29 Å². The van der Waals surface area contributed by atoms with Crippen molar-refractivity contribution in [2.75, 3.05) is 26.1 Å². The summed E-state index contributed by atoms with van der Waals surface area (Å²) in [4.78, 5) is 8.33. The van der Waals surface area contributed by atoms with Crippen molar-refractivity contribution in [3.8, 4) is 0 Å². The maximum atomic E-state index is 5.09. The van der Waals surface area contributed by atoms with Crippen LogP contribution in [0.2, 0.25) is 0 Å². The summed E-state index contributed by atoms with van der Waals surface area (Å²) in [6.07, 6.45) is 2.92. The van der Waals surface area contributed by atoms with Crippen molar-refractivity contribution >= 4 is 16.9 Å². The van der Waals surface area contributed by atoms with Crippen LogP contribution in [0.3, 0.4) is 0 Å². The van der Waals surface area contributed by atoms with Crippen LogP contribution in [0.4, 0.5) is 5.82 Å². The summed E-state index contributed by atoms with van der Waals surface area (Å²) in [5, 5.41) is 8.16. The number of fused-ring (bicyclic) bond motifs is 1. The number of anilines is 1. The molecule has 2 aromatic rings. The molecular weight excluding hydrogens is 222 g/mol. The zero-order chi connectivity index (χ0) is 12.3. The Balaban J connectivity index is 2.18. The summed E-state index contributed by atoms with van der Waals surface area (Å²) >= 11 is 0. The van der Waals surface area contributed by atoms with Crippen molar-refractivity contribution in [1.82, 2.24) is 19.7 Å². The van der Waals surface area contributed by atoms with E-state index < -0.39 is 0 Å². The second kappa shape index (κ2) is 5.07. The van der Waals surface area contributed by atoms with E-state index in [1.807, 2.05) is 7.05 Å². The number of methoxy groups -OCH3 is 2. The smallest absolute Gasteiger partial charge is 0.173 e. The van der Waals surface area contributed by atoms with E-state index in [1.165, 1.54) is 6.33 Å². The van der Waals surface area contributed by atoms with Gasteiger partial charge >= 0.3 is 0 Å². The third-order valence-corrected chi connectivity index (χ3v) is 2.49. The van der Waals surface area contributed by atoms with Crippen molar-refractivity contribution in [3.63, 3.8) is 0 Å². The first-order valence-corrected chi connectivity index (χ1v) is 5.18. The average molecular weight is 237 g/mol. The normalized spacial score (nSPS) is 11.3. The maximum absolute atomic E-state index is 5.09. The predicted molar refractivity (Wildman–Crippen MR) is 62.6 cm³/mol. The minimum absolute atomic E-state index is 0.309. The second-order valence-electron chi connectivity index (χ2n) is 3.51. The highest BCUT2D eigenvalue weighted by atomic mass is 16.7. The van der Waals surface area contributed by atoms with Crippen molar-refractivity contribution < 1.29 is 9.47 Å². The Morgan fingerprint density at radius 3 is 2.82 bits per heavy atom. The topological polar surface area (TPSA) is 74.1 Å². The third-order valence-electron chi connectivity index (χ3n) is 2.49. The Morgan fingerprint density at radius 1 is 1.35 bits per heavy atom. The Bertz CT molecular complexity index is 494. The second-order valence-corrected chi connectivity index (χ2v) is 3.51. The lowest BCUT2D eigenvalue weighted by Crippen LogP contribution is -2.24. The molecule has 1 N–H and O–H groups in total. The highest BCUT2D eigenvalue weighted by Crippen LogP contribution is 2.17. The Hall–Kier alpha value is -1.73. The van der Waals surface area contributed by atoms with Crippen LogP contribution in [0.25, 0.3) is 11.0 Å². The number of aryl methyl sites for hydroxylation is 1. The number of nitrogens with zero attached hydrogens (tertiary/aromatic N) is 4. The first-order chi connectivity index (χ1) is 8.26. The first kappa shape index (κ1) is 11.7. The van der Waals surface area contributed by atoms with E-state index in [2.05, 4.69) is 20.4 Å². The molecule has 0 unspecified atom stereocenters. The fraction of sp³-hybridized carbons (Fsp3) is 0.500. The molecule has 7 nitrogen and oxygen atoms in total. The molecule has 2 rings (SSSR count). The lowest BCUT2D eigenvalue weighted by atomic mass is 10.4. The molecule has 0 spiro atoms. The van der Waals surface area contributed by atoms with Gasteiger partial charge in [0.25, 0.3) is 0 Å². The van der Waals surface area contributed by atoms with Gasteiger partial charge in [0, 0.05) is 21.3 Å². The molecule has 2 aromatic heterocycles. The summed E-state index contributed by atoms with van der Waals surface area (Å²) in [7, 11) is 5.02. The Labute approximate surface area is 98.8 Å². The van der Waals surface area contributed by atoms with E-state index in [9.17, 15) is 0 Å². The highest BCUT2D eigenvalue weighted by Gasteiger charge is 2.09. The van der Waals surface area contributed by atoms with Crippen LogP contribution in [0.1, 0.15) is 0 Å². The van der Waals surface area contributed by atoms with Crippen molar-refractivity contribution in [1.29, 1.82) is 0 Å². The molecule has 0 aliphatic heterocycles. The fourth-order valence-corrected chi connectivity index (χ4v) is 1.55. The molecule has 92 valence electrons. The molecule has 0 radical (unpaired) electrons. The molecule has 0 bridgehead atoms. The molecule has 0 aromatic carbocycles. The number of rotatable bonds is 5. The van der Waals surface area contributed by atoms with Crippen LogP contribution in [0.15, 0.2) is 12.5 Å². The van der Waals surface area contributed by atoms with Gasteiger partial charge in [0.2, 0.25) is 0 Å². The molecule has 2 heterocycles. The van der Waals surface area contributed by atoms with Gasteiger partial charge in [-0.1, -0.05) is 0 Å². The Morgan fingerprint density at radius 2 is 2.12 bits per heavy atom. The summed E-state index contributed by atoms with van der Waals surface area (Å²) in [5.74, 6) is 0.724. The van der Waals surface area contributed by atoms with Gasteiger partial charge < -0.3 is 14.8 Å². The predicted octanol–water partition coefficient (Wildman–Crippen LogP) is 0.394. The molecule has 0 aliphatic rings. The van der Waals surface area contributed by atoms with E-state index in [0.29, 0.717) is 6.54 Å². The largest absolute Gasteiger partial charge is 0.364 e. The zero-order valence-corrected chi connectivity index (χ0v) is 10.0. The number of hydrogen-bond acceptors (Lipinski definition) is 6. The number of aromatic nitrogens is 4. The van der Waals surface area contributed by atoms with Crippen molar-refractivity contribution in [2.24, 2.45) is 7.05 Å².